The predicted molar refractivity (Wildman–Crippen MR) is 86.5 cm³/mol. The first-order valence-electron chi connectivity index (χ1n) is 6.21. The van der Waals surface area contributed by atoms with Gasteiger partial charge in [-0.3, -0.25) is 4.79 Å². The Morgan fingerprint density at radius 1 is 1.10 bits per heavy atom. The fourth-order valence-corrected chi connectivity index (χ4v) is 1.69. The lowest BCUT2D eigenvalue weighted by molar-refractivity contribution is -0.129. The summed E-state index contributed by atoms with van der Waals surface area (Å²) in [5, 5.41) is 5.74. The van der Waals surface area contributed by atoms with E-state index < -0.39 is 15.4 Å². The highest BCUT2D eigenvalue weighted by molar-refractivity contribution is 6.68. The SMILES string of the molecule is Cc1ccc(N[C@@H](NC(=O)C(C)(C)C)C(Cl)(Cl)Cl)cc1. The van der Waals surface area contributed by atoms with Crippen LogP contribution < -0.4 is 10.6 Å². The summed E-state index contributed by atoms with van der Waals surface area (Å²) in [4.78, 5) is 12.0. The zero-order valence-corrected chi connectivity index (χ0v) is 14.2. The molecule has 0 saturated heterocycles. The van der Waals surface area contributed by atoms with Crippen molar-refractivity contribution in [1.29, 1.82) is 0 Å². The molecule has 0 radical (unpaired) electrons. The van der Waals surface area contributed by atoms with Gasteiger partial charge in [0.25, 0.3) is 0 Å². The average Bonchev–Trinajstić information content (AvgIpc) is 2.28. The van der Waals surface area contributed by atoms with E-state index in [9.17, 15) is 4.79 Å². The molecule has 1 aromatic carbocycles. The summed E-state index contributed by atoms with van der Waals surface area (Å²) in [5.74, 6) is -0.201. The summed E-state index contributed by atoms with van der Waals surface area (Å²) >= 11 is 17.8. The lowest BCUT2D eigenvalue weighted by Crippen LogP contribution is -2.52. The Morgan fingerprint density at radius 2 is 1.60 bits per heavy atom. The number of rotatable bonds is 3. The van der Waals surface area contributed by atoms with Crippen molar-refractivity contribution in [2.24, 2.45) is 5.41 Å². The molecule has 112 valence electrons. The van der Waals surface area contributed by atoms with Crippen LogP contribution in [0.3, 0.4) is 0 Å². The van der Waals surface area contributed by atoms with Crippen LogP contribution in [0.2, 0.25) is 0 Å². The lowest BCUT2D eigenvalue weighted by Gasteiger charge is -2.30. The van der Waals surface area contributed by atoms with E-state index in [1.807, 2.05) is 31.2 Å². The number of nitrogens with one attached hydrogen (secondary N) is 2. The molecule has 0 saturated carbocycles. The highest BCUT2D eigenvalue weighted by Gasteiger charge is 2.36. The van der Waals surface area contributed by atoms with Gasteiger partial charge in [0, 0.05) is 11.1 Å². The number of carbonyl (C=O) groups excluding carboxylic acids is 1. The van der Waals surface area contributed by atoms with Crippen molar-refractivity contribution in [1.82, 2.24) is 5.32 Å². The first-order chi connectivity index (χ1) is 9.00. The molecule has 0 aliphatic heterocycles. The Labute approximate surface area is 135 Å². The molecule has 0 unspecified atom stereocenters. The number of alkyl halides is 3. The maximum absolute atomic E-state index is 12.0. The molecule has 1 amide bonds. The fourth-order valence-electron chi connectivity index (χ4n) is 1.36. The van der Waals surface area contributed by atoms with E-state index in [1.165, 1.54) is 0 Å². The van der Waals surface area contributed by atoms with Crippen LogP contribution in [0.4, 0.5) is 5.69 Å². The fraction of sp³-hybridized carbons (Fsp3) is 0.500. The molecular weight excluding hydrogens is 319 g/mol. The van der Waals surface area contributed by atoms with Gasteiger partial charge >= 0.3 is 0 Å². The topological polar surface area (TPSA) is 41.1 Å². The Kier molecular flexibility index (Phi) is 5.59. The molecule has 1 atom stereocenters. The first-order valence-corrected chi connectivity index (χ1v) is 7.34. The number of hydrogen-bond acceptors (Lipinski definition) is 2. The van der Waals surface area contributed by atoms with E-state index in [-0.39, 0.29) is 5.91 Å². The van der Waals surface area contributed by atoms with Gasteiger partial charge in [0.1, 0.15) is 6.17 Å². The zero-order valence-electron chi connectivity index (χ0n) is 11.9. The molecule has 1 aromatic rings. The van der Waals surface area contributed by atoms with Crippen molar-refractivity contribution in [3.05, 3.63) is 29.8 Å². The molecule has 0 aromatic heterocycles. The molecule has 0 heterocycles. The predicted octanol–water partition coefficient (Wildman–Crippen LogP) is 4.27. The minimum atomic E-state index is -1.66. The number of halogens is 3. The molecule has 3 nitrogen and oxygen atoms in total. The normalized spacial score (nSPS) is 13.8. The Bertz CT molecular complexity index is 461. The molecule has 1 rings (SSSR count). The standard InChI is InChI=1S/C14H19Cl3N2O/c1-9-5-7-10(8-6-9)18-11(14(15,16)17)19-12(20)13(2,3)4/h5-8,11,18H,1-4H3,(H,19,20)/t11-/m0/s1. The van der Waals surface area contributed by atoms with Gasteiger partial charge in [0.2, 0.25) is 9.70 Å². The van der Waals surface area contributed by atoms with Crippen molar-refractivity contribution < 1.29 is 4.79 Å². The molecule has 0 spiro atoms. The quantitative estimate of drug-likeness (QED) is 0.639. The van der Waals surface area contributed by atoms with Gasteiger partial charge in [-0.25, -0.2) is 0 Å². The third-order valence-corrected chi connectivity index (χ3v) is 3.30. The van der Waals surface area contributed by atoms with Gasteiger partial charge in [-0.05, 0) is 19.1 Å². The highest BCUT2D eigenvalue weighted by Crippen LogP contribution is 2.31. The van der Waals surface area contributed by atoms with Gasteiger partial charge in [0.15, 0.2) is 0 Å². The Hall–Kier alpha value is -0.640. The van der Waals surface area contributed by atoms with Crippen molar-refractivity contribution in [2.75, 3.05) is 5.32 Å². The average molecular weight is 338 g/mol. The maximum atomic E-state index is 12.0. The summed E-state index contributed by atoms with van der Waals surface area (Å²) in [6.07, 6.45) is -0.818. The number of benzene rings is 1. The van der Waals surface area contributed by atoms with Crippen molar-refractivity contribution in [2.45, 2.75) is 37.7 Å². The third-order valence-electron chi connectivity index (χ3n) is 2.65. The van der Waals surface area contributed by atoms with E-state index >= 15 is 0 Å². The minimum Gasteiger partial charge on any atom is -0.362 e. The van der Waals surface area contributed by atoms with Gasteiger partial charge in [0.05, 0.1) is 0 Å². The number of carbonyl (C=O) groups is 1. The first kappa shape index (κ1) is 17.4. The van der Waals surface area contributed by atoms with Crippen LogP contribution in [0, 0.1) is 12.3 Å². The second-order valence-corrected chi connectivity index (χ2v) is 8.08. The maximum Gasteiger partial charge on any atom is 0.228 e. The summed E-state index contributed by atoms with van der Waals surface area (Å²) < 4.78 is -1.66. The van der Waals surface area contributed by atoms with Gasteiger partial charge in [-0.15, -0.1) is 0 Å². The van der Waals surface area contributed by atoms with Crippen molar-refractivity contribution in [3.8, 4) is 0 Å². The summed E-state index contributed by atoms with van der Waals surface area (Å²) in [7, 11) is 0. The van der Waals surface area contributed by atoms with E-state index in [0.717, 1.165) is 11.3 Å². The van der Waals surface area contributed by atoms with Crippen LogP contribution in [-0.4, -0.2) is 15.9 Å². The molecular formula is C14H19Cl3N2O. The Morgan fingerprint density at radius 3 is 2.00 bits per heavy atom. The molecule has 0 fully saturated rings. The van der Waals surface area contributed by atoms with Crippen LogP contribution in [-0.2, 0) is 4.79 Å². The largest absolute Gasteiger partial charge is 0.362 e. The number of anilines is 1. The monoisotopic (exact) mass is 336 g/mol. The second-order valence-electron chi connectivity index (χ2n) is 5.71. The zero-order chi connectivity index (χ0) is 15.6. The van der Waals surface area contributed by atoms with E-state index in [2.05, 4.69) is 10.6 Å². The minimum absolute atomic E-state index is 0.201. The molecule has 20 heavy (non-hydrogen) atoms. The van der Waals surface area contributed by atoms with E-state index in [0.29, 0.717) is 0 Å². The summed E-state index contributed by atoms with van der Waals surface area (Å²) in [5.41, 5.74) is 1.32. The summed E-state index contributed by atoms with van der Waals surface area (Å²) in [6, 6.07) is 7.59. The third kappa shape index (κ3) is 5.39. The van der Waals surface area contributed by atoms with Crippen LogP contribution in [0.15, 0.2) is 24.3 Å². The summed E-state index contributed by atoms with van der Waals surface area (Å²) in [6.45, 7) is 7.37. The Balaban J connectivity index is 2.86. The molecule has 6 heteroatoms. The highest BCUT2D eigenvalue weighted by atomic mass is 35.6. The molecule has 0 bridgehead atoms. The van der Waals surface area contributed by atoms with E-state index in [1.54, 1.807) is 20.8 Å². The van der Waals surface area contributed by atoms with Gasteiger partial charge in [-0.1, -0.05) is 73.3 Å². The van der Waals surface area contributed by atoms with Crippen LogP contribution >= 0.6 is 34.8 Å². The van der Waals surface area contributed by atoms with Crippen LogP contribution in [0.1, 0.15) is 26.3 Å². The second kappa shape index (κ2) is 6.42. The molecule has 0 aliphatic rings. The molecule has 2 N–H and O–H groups in total. The van der Waals surface area contributed by atoms with Crippen LogP contribution in [0.25, 0.3) is 0 Å². The van der Waals surface area contributed by atoms with Crippen molar-refractivity contribution in [3.63, 3.8) is 0 Å². The van der Waals surface area contributed by atoms with Gasteiger partial charge in [-0.2, -0.15) is 0 Å². The number of aryl methyl sites for hydroxylation is 1. The van der Waals surface area contributed by atoms with Crippen molar-refractivity contribution >= 4 is 46.4 Å². The van der Waals surface area contributed by atoms with Crippen LogP contribution in [0.5, 0.6) is 0 Å². The lowest BCUT2D eigenvalue weighted by atomic mass is 9.95. The van der Waals surface area contributed by atoms with Gasteiger partial charge < -0.3 is 10.6 Å². The molecule has 0 aliphatic carbocycles. The number of amides is 1. The smallest absolute Gasteiger partial charge is 0.228 e. The van der Waals surface area contributed by atoms with E-state index in [4.69, 9.17) is 34.8 Å². The number of hydrogen-bond donors (Lipinski definition) is 2.